The van der Waals surface area contributed by atoms with Crippen LogP contribution in [0.5, 0.6) is 5.75 Å². The predicted octanol–water partition coefficient (Wildman–Crippen LogP) is 2.86. The van der Waals surface area contributed by atoms with E-state index in [4.69, 9.17) is 4.74 Å². The van der Waals surface area contributed by atoms with Crippen LogP contribution in [0.4, 0.5) is 17.3 Å². The Balaban J connectivity index is 2.44. The summed E-state index contributed by atoms with van der Waals surface area (Å²) in [5.41, 5.74) is 0.970. The third-order valence-electron chi connectivity index (χ3n) is 3.12. The molecule has 2 aromatic rings. The van der Waals surface area contributed by atoms with Gasteiger partial charge in [0.15, 0.2) is 0 Å². The lowest BCUT2D eigenvalue weighted by Gasteiger charge is -2.21. The van der Waals surface area contributed by atoms with Gasteiger partial charge in [0.25, 0.3) is 0 Å². The van der Waals surface area contributed by atoms with Crippen LogP contribution >= 0.6 is 0 Å². The highest BCUT2D eigenvalue weighted by molar-refractivity contribution is 5.67. The Bertz CT molecular complexity index is 564. The van der Waals surface area contributed by atoms with E-state index in [0.29, 0.717) is 0 Å². The first-order valence-corrected chi connectivity index (χ1v) is 6.62. The van der Waals surface area contributed by atoms with Crippen molar-refractivity contribution >= 4 is 17.3 Å². The molecule has 0 fully saturated rings. The summed E-state index contributed by atoms with van der Waals surface area (Å²) >= 11 is 0. The number of hydrogen-bond acceptors (Lipinski definition) is 5. The van der Waals surface area contributed by atoms with Gasteiger partial charge in [-0.2, -0.15) is 0 Å². The van der Waals surface area contributed by atoms with Crippen molar-refractivity contribution < 1.29 is 4.74 Å². The molecule has 0 aliphatic rings. The highest BCUT2D eigenvalue weighted by Gasteiger charge is 2.12. The predicted molar refractivity (Wildman–Crippen MR) is 82.0 cm³/mol. The molecule has 20 heavy (non-hydrogen) atoms. The Kier molecular flexibility index (Phi) is 4.40. The second kappa shape index (κ2) is 6.23. The highest BCUT2D eigenvalue weighted by Crippen LogP contribution is 2.31. The Hall–Kier alpha value is -2.30. The van der Waals surface area contributed by atoms with Crippen molar-refractivity contribution in [2.45, 2.75) is 13.3 Å². The molecule has 0 amide bonds. The molecule has 1 heterocycles. The van der Waals surface area contributed by atoms with Gasteiger partial charge in [-0.15, -0.1) is 0 Å². The second-order valence-electron chi connectivity index (χ2n) is 4.36. The topological polar surface area (TPSA) is 50.3 Å². The second-order valence-corrected chi connectivity index (χ2v) is 4.36. The van der Waals surface area contributed by atoms with E-state index < -0.39 is 0 Å². The molecule has 0 spiro atoms. The summed E-state index contributed by atoms with van der Waals surface area (Å²) in [4.78, 5) is 11.0. The number of benzene rings is 1. The van der Waals surface area contributed by atoms with Crippen LogP contribution in [0.15, 0.2) is 30.3 Å². The van der Waals surface area contributed by atoms with E-state index in [2.05, 4.69) is 15.3 Å². The van der Waals surface area contributed by atoms with Gasteiger partial charge < -0.3 is 15.0 Å². The fraction of sp³-hybridized carbons (Fsp3) is 0.333. The standard InChI is InChI=1S/C15H20N4O/c1-5-13-17-14(16-2)10-15(18-13)19(3)11-8-6-7-9-12(11)20-4/h6-10H,5H2,1-4H3,(H,16,17,18). The summed E-state index contributed by atoms with van der Waals surface area (Å²) in [5, 5.41) is 3.07. The van der Waals surface area contributed by atoms with Gasteiger partial charge in [0.2, 0.25) is 0 Å². The van der Waals surface area contributed by atoms with E-state index in [0.717, 1.165) is 35.3 Å². The summed E-state index contributed by atoms with van der Waals surface area (Å²) in [7, 11) is 5.50. The zero-order valence-electron chi connectivity index (χ0n) is 12.3. The quantitative estimate of drug-likeness (QED) is 0.907. The number of methoxy groups -OCH3 is 1. The molecular formula is C15H20N4O. The Labute approximate surface area is 119 Å². The first kappa shape index (κ1) is 14.1. The molecule has 2 rings (SSSR count). The SMILES string of the molecule is CCc1nc(NC)cc(N(C)c2ccccc2OC)n1. The first-order valence-electron chi connectivity index (χ1n) is 6.62. The minimum absolute atomic E-state index is 0.794. The molecule has 0 saturated heterocycles. The molecule has 0 radical (unpaired) electrons. The van der Waals surface area contributed by atoms with Gasteiger partial charge in [-0.25, -0.2) is 9.97 Å². The summed E-state index contributed by atoms with van der Waals surface area (Å²) in [6.07, 6.45) is 0.794. The van der Waals surface area contributed by atoms with E-state index >= 15 is 0 Å². The van der Waals surface area contributed by atoms with Crippen molar-refractivity contribution in [3.05, 3.63) is 36.2 Å². The maximum Gasteiger partial charge on any atom is 0.142 e. The van der Waals surface area contributed by atoms with E-state index in [9.17, 15) is 0 Å². The Morgan fingerprint density at radius 2 is 2.00 bits per heavy atom. The monoisotopic (exact) mass is 272 g/mol. The largest absolute Gasteiger partial charge is 0.495 e. The van der Waals surface area contributed by atoms with Gasteiger partial charge in [0.1, 0.15) is 23.2 Å². The van der Waals surface area contributed by atoms with Crippen LogP contribution < -0.4 is 15.0 Å². The molecule has 5 heteroatoms. The van der Waals surface area contributed by atoms with Crippen molar-refractivity contribution in [1.29, 1.82) is 0 Å². The summed E-state index contributed by atoms with van der Waals surface area (Å²) in [6.45, 7) is 2.04. The number of aromatic nitrogens is 2. The smallest absolute Gasteiger partial charge is 0.142 e. The van der Waals surface area contributed by atoms with Crippen molar-refractivity contribution in [2.24, 2.45) is 0 Å². The molecule has 0 saturated carbocycles. The molecule has 106 valence electrons. The lowest BCUT2D eigenvalue weighted by atomic mass is 10.2. The lowest BCUT2D eigenvalue weighted by molar-refractivity contribution is 0.415. The highest BCUT2D eigenvalue weighted by atomic mass is 16.5. The average Bonchev–Trinajstić information content (AvgIpc) is 2.53. The number of nitrogens with zero attached hydrogens (tertiary/aromatic N) is 3. The molecule has 1 N–H and O–H groups in total. The lowest BCUT2D eigenvalue weighted by Crippen LogP contribution is -2.14. The number of nitrogens with one attached hydrogen (secondary N) is 1. The van der Waals surface area contributed by atoms with Crippen LogP contribution in [0.1, 0.15) is 12.7 Å². The van der Waals surface area contributed by atoms with Crippen LogP contribution in [0.3, 0.4) is 0 Å². The van der Waals surface area contributed by atoms with E-state index in [-0.39, 0.29) is 0 Å². The Morgan fingerprint density at radius 1 is 1.25 bits per heavy atom. The van der Waals surface area contributed by atoms with Crippen LogP contribution in [-0.2, 0) is 6.42 Å². The number of hydrogen-bond donors (Lipinski definition) is 1. The van der Waals surface area contributed by atoms with Crippen molar-refractivity contribution in [2.75, 3.05) is 31.4 Å². The molecule has 1 aromatic carbocycles. The van der Waals surface area contributed by atoms with Crippen molar-refractivity contribution in [3.8, 4) is 5.75 Å². The van der Waals surface area contributed by atoms with Crippen LogP contribution in [-0.4, -0.2) is 31.2 Å². The molecule has 0 aliphatic heterocycles. The number of aryl methyl sites for hydroxylation is 1. The first-order chi connectivity index (χ1) is 9.69. The summed E-state index contributed by atoms with van der Waals surface area (Å²) < 4.78 is 5.40. The maximum absolute atomic E-state index is 5.40. The Morgan fingerprint density at radius 3 is 2.65 bits per heavy atom. The van der Waals surface area contributed by atoms with Crippen molar-refractivity contribution in [1.82, 2.24) is 9.97 Å². The van der Waals surface area contributed by atoms with Crippen LogP contribution in [0, 0.1) is 0 Å². The fourth-order valence-electron chi connectivity index (χ4n) is 1.97. The average molecular weight is 272 g/mol. The van der Waals surface area contributed by atoms with Crippen LogP contribution in [0.2, 0.25) is 0 Å². The zero-order chi connectivity index (χ0) is 14.5. The third kappa shape index (κ3) is 2.82. The van der Waals surface area contributed by atoms with Gasteiger partial charge in [-0.3, -0.25) is 0 Å². The number of para-hydroxylation sites is 2. The molecular weight excluding hydrogens is 252 g/mol. The summed E-state index contributed by atoms with van der Waals surface area (Å²) in [5.74, 6) is 3.28. The van der Waals surface area contributed by atoms with Gasteiger partial charge in [-0.05, 0) is 12.1 Å². The fourth-order valence-corrected chi connectivity index (χ4v) is 1.97. The molecule has 0 atom stereocenters. The minimum atomic E-state index is 0.794. The minimum Gasteiger partial charge on any atom is -0.495 e. The molecule has 0 unspecified atom stereocenters. The van der Waals surface area contributed by atoms with Gasteiger partial charge in [-0.1, -0.05) is 19.1 Å². The van der Waals surface area contributed by atoms with E-state index in [1.165, 1.54) is 0 Å². The van der Waals surface area contributed by atoms with Gasteiger partial charge in [0, 0.05) is 26.6 Å². The van der Waals surface area contributed by atoms with Crippen LogP contribution in [0.25, 0.3) is 0 Å². The molecule has 1 aromatic heterocycles. The van der Waals surface area contributed by atoms with Gasteiger partial charge in [0.05, 0.1) is 12.8 Å². The third-order valence-corrected chi connectivity index (χ3v) is 3.12. The van der Waals surface area contributed by atoms with Gasteiger partial charge >= 0.3 is 0 Å². The molecule has 5 nitrogen and oxygen atoms in total. The van der Waals surface area contributed by atoms with E-state index in [1.54, 1.807) is 7.11 Å². The van der Waals surface area contributed by atoms with Crippen molar-refractivity contribution in [3.63, 3.8) is 0 Å². The molecule has 0 bridgehead atoms. The zero-order valence-corrected chi connectivity index (χ0v) is 12.3. The maximum atomic E-state index is 5.40. The summed E-state index contributed by atoms with van der Waals surface area (Å²) in [6, 6.07) is 9.80. The number of rotatable bonds is 5. The number of ether oxygens (including phenoxy) is 1. The normalized spacial score (nSPS) is 10.2. The molecule has 0 aliphatic carbocycles. The number of anilines is 3. The van der Waals surface area contributed by atoms with E-state index in [1.807, 2.05) is 56.3 Å².